The van der Waals surface area contributed by atoms with Crippen LogP contribution in [0.2, 0.25) is 10.0 Å². The number of carbonyl (C=O) groups excluding carboxylic acids is 1. The van der Waals surface area contributed by atoms with Crippen LogP contribution in [-0.4, -0.2) is 54.5 Å². The highest BCUT2D eigenvalue weighted by molar-refractivity contribution is 7.99. The number of benzene rings is 2. The van der Waals surface area contributed by atoms with Gasteiger partial charge in [0.05, 0.1) is 29.0 Å². The Morgan fingerprint density at radius 2 is 1.95 bits per heavy atom. The minimum atomic E-state index is -0.420. The lowest BCUT2D eigenvalue weighted by molar-refractivity contribution is -0.386. The summed E-state index contributed by atoms with van der Waals surface area (Å²) >= 11 is 13.4. The van der Waals surface area contributed by atoms with E-state index in [0.717, 1.165) is 11.1 Å². The van der Waals surface area contributed by atoms with Crippen molar-refractivity contribution in [1.29, 1.82) is 0 Å². The Labute approximate surface area is 267 Å². The van der Waals surface area contributed by atoms with Crippen LogP contribution in [0, 0.1) is 24.0 Å². The Morgan fingerprint density at radius 3 is 2.64 bits per heavy atom. The maximum Gasteiger partial charge on any atom is 0.312 e. The van der Waals surface area contributed by atoms with Gasteiger partial charge in [0.1, 0.15) is 35.3 Å². The highest BCUT2D eigenvalue weighted by atomic mass is 35.5. The van der Waals surface area contributed by atoms with Gasteiger partial charge in [-0.2, -0.15) is 10.2 Å². The summed E-state index contributed by atoms with van der Waals surface area (Å²) in [6.45, 7) is 6.43. The lowest BCUT2D eigenvalue weighted by Crippen LogP contribution is -2.20. The molecule has 2 aromatic heterocycles. The molecular weight excluding hydrogens is 631 g/mol. The first kappa shape index (κ1) is 32.8. The van der Waals surface area contributed by atoms with Crippen molar-refractivity contribution in [3.8, 4) is 11.5 Å². The van der Waals surface area contributed by atoms with Gasteiger partial charge in [-0.1, -0.05) is 35.0 Å². The minimum Gasteiger partial charge on any atom is -0.496 e. The average molecular weight is 662 g/mol. The molecule has 0 unspecified atom stereocenters. The van der Waals surface area contributed by atoms with E-state index >= 15 is 0 Å². The number of nitrogens with zero attached hydrogens (tertiary/aromatic N) is 7. The molecule has 232 valence electrons. The van der Waals surface area contributed by atoms with Crippen molar-refractivity contribution in [3.05, 3.63) is 84.9 Å². The van der Waals surface area contributed by atoms with Gasteiger partial charge < -0.3 is 14.0 Å². The molecule has 0 aliphatic heterocycles. The van der Waals surface area contributed by atoms with Gasteiger partial charge in [0.15, 0.2) is 5.16 Å². The van der Waals surface area contributed by atoms with Crippen LogP contribution in [0.25, 0.3) is 0 Å². The predicted octanol–water partition coefficient (Wildman–Crippen LogP) is 5.40. The maximum absolute atomic E-state index is 12.5. The molecule has 0 bridgehead atoms. The molecule has 44 heavy (non-hydrogen) atoms. The van der Waals surface area contributed by atoms with E-state index in [9.17, 15) is 14.9 Å². The number of aromatic nitrogens is 5. The minimum absolute atomic E-state index is 0.0211. The van der Waals surface area contributed by atoms with Crippen LogP contribution in [0.5, 0.6) is 11.5 Å². The van der Waals surface area contributed by atoms with Crippen LogP contribution in [0.1, 0.15) is 35.3 Å². The van der Waals surface area contributed by atoms with Gasteiger partial charge in [-0.3, -0.25) is 19.6 Å². The Kier molecular flexibility index (Phi) is 11.2. The topological polar surface area (TPSA) is 152 Å². The van der Waals surface area contributed by atoms with Crippen molar-refractivity contribution < 1.29 is 19.2 Å². The molecule has 0 atom stereocenters. The molecule has 4 rings (SSSR count). The molecule has 0 spiro atoms. The molecule has 0 fully saturated rings. The van der Waals surface area contributed by atoms with E-state index in [2.05, 4.69) is 25.8 Å². The molecular formula is C28H30Cl2N8O5S. The number of amides is 1. The fourth-order valence-corrected chi connectivity index (χ4v) is 5.66. The zero-order valence-corrected chi connectivity index (χ0v) is 26.7. The molecule has 1 amide bonds. The van der Waals surface area contributed by atoms with Gasteiger partial charge in [-0.05, 0) is 62.7 Å². The third kappa shape index (κ3) is 8.07. The fourth-order valence-electron chi connectivity index (χ4n) is 4.38. The van der Waals surface area contributed by atoms with Crippen LogP contribution >= 0.6 is 35.0 Å². The molecule has 0 aliphatic rings. The normalized spacial score (nSPS) is 11.2. The molecule has 2 aromatic carbocycles. The molecule has 1 N–H and O–H groups in total. The predicted molar refractivity (Wildman–Crippen MR) is 168 cm³/mol. The summed E-state index contributed by atoms with van der Waals surface area (Å²) < 4.78 is 14.8. The first-order chi connectivity index (χ1) is 21.1. The van der Waals surface area contributed by atoms with E-state index in [0.29, 0.717) is 63.4 Å². The van der Waals surface area contributed by atoms with E-state index in [1.807, 2.05) is 17.6 Å². The number of nitrogens with one attached hydrogen (secondary N) is 1. The lowest BCUT2D eigenvalue weighted by Gasteiger charge is -2.12. The molecule has 0 aliphatic carbocycles. The van der Waals surface area contributed by atoms with Crippen molar-refractivity contribution in [2.75, 3.05) is 12.9 Å². The molecule has 0 radical (unpaired) electrons. The number of thioether (sulfide) groups is 1. The number of aryl methyl sites for hydroxylation is 3. The Morgan fingerprint density at radius 1 is 1.18 bits per heavy atom. The number of hydrogen-bond donors (Lipinski definition) is 1. The van der Waals surface area contributed by atoms with Crippen LogP contribution < -0.4 is 14.9 Å². The Hall–Kier alpha value is -4.14. The SMILES string of the molecule is CCn1c(CCn2nc(C)c([N+](=O)[O-])c2C)nnc1SCC(=O)NN=Cc1ccc(OC)c(COc2ccc(Cl)cc2Cl)c1. The number of methoxy groups -OCH3 is 1. The van der Waals surface area contributed by atoms with Gasteiger partial charge in [0, 0.05) is 30.1 Å². The zero-order chi connectivity index (χ0) is 31.8. The smallest absolute Gasteiger partial charge is 0.312 e. The largest absolute Gasteiger partial charge is 0.496 e. The Balaban J connectivity index is 1.31. The second-order valence-electron chi connectivity index (χ2n) is 9.41. The summed E-state index contributed by atoms with van der Waals surface area (Å²) in [4.78, 5) is 23.4. The second-order valence-corrected chi connectivity index (χ2v) is 11.2. The fraction of sp³-hybridized carbons (Fsp3) is 0.321. The van der Waals surface area contributed by atoms with Gasteiger partial charge in [0.2, 0.25) is 0 Å². The maximum atomic E-state index is 12.5. The van der Waals surface area contributed by atoms with E-state index in [1.54, 1.807) is 56.0 Å². The highest BCUT2D eigenvalue weighted by Gasteiger charge is 2.22. The highest BCUT2D eigenvalue weighted by Crippen LogP contribution is 2.29. The van der Waals surface area contributed by atoms with Crippen LogP contribution in [0.4, 0.5) is 5.69 Å². The van der Waals surface area contributed by atoms with Crippen LogP contribution in [0.3, 0.4) is 0 Å². The number of hydrogen-bond acceptors (Lipinski definition) is 10. The van der Waals surface area contributed by atoms with E-state index in [-0.39, 0.29) is 24.0 Å². The zero-order valence-electron chi connectivity index (χ0n) is 24.4. The molecule has 13 nitrogen and oxygen atoms in total. The van der Waals surface area contributed by atoms with Gasteiger partial charge >= 0.3 is 5.69 Å². The molecule has 2 heterocycles. The van der Waals surface area contributed by atoms with Crippen molar-refractivity contribution in [3.63, 3.8) is 0 Å². The third-order valence-corrected chi connectivity index (χ3v) is 8.00. The molecule has 16 heteroatoms. The van der Waals surface area contributed by atoms with Gasteiger partial charge in [-0.15, -0.1) is 10.2 Å². The van der Waals surface area contributed by atoms with Gasteiger partial charge in [-0.25, -0.2) is 5.43 Å². The number of carbonyl (C=O) groups is 1. The van der Waals surface area contributed by atoms with E-state index < -0.39 is 4.92 Å². The summed E-state index contributed by atoms with van der Waals surface area (Å²) in [5.41, 5.74) is 4.89. The quantitative estimate of drug-likeness (QED) is 0.0811. The first-order valence-electron chi connectivity index (χ1n) is 13.4. The van der Waals surface area contributed by atoms with E-state index in [4.69, 9.17) is 32.7 Å². The standard InChI is InChI=1S/C28H30Cl2N8O5S/c1-5-36-25(10-11-37-18(3)27(38(40)41)17(2)35-37)32-34-28(36)44-16-26(39)33-31-14-19-6-8-23(42-4)20(12-19)15-43-24-9-7-21(29)13-22(24)30/h6-9,12-14H,5,10-11,15-16H2,1-4H3,(H,33,39). The number of hydrazone groups is 1. The van der Waals surface area contributed by atoms with Crippen molar-refractivity contribution in [2.24, 2.45) is 5.10 Å². The average Bonchev–Trinajstić information content (AvgIpc) is 3.52. The first-order valence-corrected chi connectivity index (χ1v) is 15.1. The summed E-state index contributed by atoms with van der Waals surface area (Å²) in [5, 5.41) is 29.6. The number of rotatable bonds is 14. The summed E-state index contributed by atoms with van der Waals surface area (Å²) in [6.07, 6.45) is 2.00. The number of nitro groups is 1. The monoisotopic (exact) mass is 660 g/mol. The number of ether oxygens (including phenoxy) is 2. The molecule has 4 aromatic rings. The van der Waals surface area contributed by atoms with Crippen molar-refractivity contribution in [1.82, 2.24) is 30.0 Å². The molecule has 0 saturated heterocycles. The van der Waals surface area contributed by atoms with E-state index in [1.165, 1.54) is 18.0 Å². The lowest BCUT2D eigenvalue weighted by atomic mass is 10.1. The summed E-state index contributed by atoms with van der Waals surface area (Å²) in [5.74, 6) is 1.57. The molecule has 0 saturated carbocycles. The number of halogens is 2. The van der Waals surface area contributed by atoms with Crippen LogP contribution in [-0.2, 0) is 30.9 Å². The van der Waals surface area contributed by atoms with Gasteiger partial charge in [0.25, 0.3) is 5.91 Å². The summed E-state index contributed by atoms with van der Waals surface area (Å²) in [6, 6.07) is 10.4. The van der Waals surface area contributed by atoms with Crippen molar-refractivity contribution >= 4 is 52.8 Å². The third-order valence-electron chi connectivity index (χ3n) is 6.50. The summed E-state index contributed by atoms with van der Waals surface area (Å²) in [7, 11) is 1.57. The second kappa shape index (κ2) is 15.0. The Bertz CT molecular complexity index is 1690. The van der Waals surface area contributed by atoms with Crippen molar-refractivity contribution in [2.45, 2.75) is 52.0 Å². The van der Waals surface area contributed by atoms with Crippen LogP contribution in [0.15, 0.2) is 46.7 Å².